The van der Waals surface area contributed by atoms with E-state index in [1.165, 1.54) is 11.0 Å². The lowest BCUT2D eigenvalue weighted by Crippen LogP contribution is -2.41. The molecule has 2 aromatic carbocycles. The van der Waals surface area contributed by atoms with E-state index in [2.05, 4.69) is 5.32 Å². The number of nitrogens with one attached hydrogen (secondary N) is 1. The zero-order chi connectivity index (χ0) is 21.2. The van der Waals surface area contributed by atoms with Gasteiger partial charge in [0.05, 0.1) is 5.56 Å². The second-order valence-electron chi connectivity index (χ2n) is 7.09. The van der Waals surface area contributed by atoms with Crippen LogP contribution in [0.15, 0.2) is 42.5 Å². The lowest BCUT2D eigenvalue weighted by atomic mass is 9.95. The van der Waals surface area contributed by atoms with E-state index < -0.39 is 17.6 Å². The van der Waals surface area contributed by atoms with Crippen LogP contribution in [-0.2, 0) is 11.0 Å². The highest BCUT2D eigenvalue weighted by molar-refractivity contribution is 5.95. The van der Waals surface area contributed by atoms with Gasteiger partial charge in [-0.3, -0.25) is 9.59 Å². The van der Waals surface area contributed by atoms with E-state index in [9.17, 15) is 27.2 Å². The number of carbonyl (C=O) groups excluding carboxylic acids is 2. The summed E-state index contributed by atoms with van der Waals surface area (Å²) in [4.78, 5) is 26.4. The standard InChI is InChI=1S/C21H20F4N2O2/c1-13-2-7-17(12-18(13)22)26-19(28)14-8-10-27(11-9-14)20(29)15-3-5-16(6-4-15)21(23,24)25/h2-7,12,14H,8-11H2,1H3,(H,26,28). The number of piperidine rings is 1. The summed E-state index contributed by atoms with van der Waals surface area (Å²) in [6.07, 6.45) is -3.60. The normalized spacial score (nSPS) is 15.3. The van der Waals surface area contributed by atoms with Gasteiger partial charge in [-0.05, 0) is 61.7 Å². The minimum Gasteiger partial charge on any atom is -0.339 e. The van der Waals surface area contributed by atoms with Crippen molar-refractivity contribution in [3.8, 4) is 0 Å². The second-order valence-corrected chi connectivity index (χ2v) is 7.09. The molecule has 0 radical (unpaired) electrons. The van der Waals surface area contributed by atoms with Crippen LogP contribution in [0.4, 0.5) is 23.2 Å². The Bertz CT molecular complexity index is 902. The fraction of sp³-hybridized carbons (Fsp3) is 0.333. The van der Waals surface area contributed by atoms with Gasteiger partial charge < -0.3 is 10.2 Å². The Labute approximate surface area is 165 Å². The monoisotopic (exact) mass is 408 g/mol. The van der Waals surface area contributed by atoms with Gasteiger partial charge in [-0.1, -0.05) is 6.07 Å². The summed E-state index contributed by atoms with van der Waals surface area (Å²) in [6, 6.07) is 8.56. The van der Waals surface area contributed by atoms with E-state index >= 15 is 0 Å². The molecule has 0 atom stereocenters. The maximum absolute atomic E-state index is 13.6. The van der Waals surface area contributed by atoms with Crippen molar-refractivity contribution in [2.45, 2.75) is 25.9 Å². The van der Waals surface area contributed by atoms with E-state index in [1.807, 2.05) is 0 Å². The van der Waals surface area contributed by atoms with Crippen molar-refractivity contribution in [1.29, 1.82) is 0 Å². The van der Waals surface area contributed by atoms with Gasteiger partial charge in [0.1, 0.15) is 5.82 Å². The first-order chi connectivity index (χ1) is 13.6. The average molecular weight is 408 g/mol. The van der Waals surface area contributed by atoms with Crippen LogP contribution in [0.1, 0.15) is 34.3 Å². The van der Waals surface area contributed by atoms with Gasteiger partial charge in [0.15, 0.2) is 0 Å². The molecule has 0 spiro atoms. The molecule has 1 fully saturated rings. The molecule has 1 aliphatic heterocycles. The van der Waals surface area contributed by atoms with Crippen LogP contribution < -0.4 is 5.32 Å². The number of carbonyl (C=O) groups is 2. The number of rotatable bonds is 3. The number of amides is 2. The van der Waals surface area contributed by atoms with Crippen LogP contribution in [0.2, 0.25) is 0 Å². The predicted molar refractivity (Wildman–Crippen MR) is 99.8 cm³/mol. The first-order valence-electron chi connectivity index (χ1n) is 9.18. The lowest BCUT2D eigenvalue weighted by Gasteiger charge is -2.31. The summed E-state index contributed by atoms with van der Waals surface area (Å²) in [5, 5.41) is 2.69. The second kappa shape index (κ2) is 8.23. The summed E-state index contributed by atoms with van der Waals surface area (Å²) >= 11 is 0. The Morgan fingerprint density at radius 1 is 1.03 bits per heavy atom. The zero-order valence-corrected chi connectivity index (χ0v) is 15.7. The number of nitrogens with zero attached hydrogens (tertiary/aromatic N) is 1. The third kappa shape index (κ3) is 4.93. The van der Waals surface area contributed by atoms with E-state index in [0.29, 0.717) is 37.2 Å². The largest absolute Gasteiger partial charge is 0.416 e. The van der Waals surface area contributed by atoms with Gasteiger partial charge >= 0.3 is 6.18 Å². The zero-order valence-electron chi connectivity index (χ0n) is 15.7. The summed E-state index contributed by atoms with van der Waals surface area (Å²) in [6.45, 7) is 2.27. The van der Waals surface area contributed by atoms with Crippen LogP contribution in [-0.4, -0.2) is 29.8 Å². The number of benzene rings is 2. The third-order valence-corrected chi connectivity index (χ3v) is 5.05. The van der Waals surface area contributed by atoms with Crippen LogP contribution >= 0.6 is 0 Å². The fourth-order valence-corrected chi connectivity index (χ4v) is 3.24. The number of halogens is 4. The minimum absolute atomic E-state index is 0.177. The Hall–Kier alpha value is -2.90. The van der Waals surface area contributed by atoms with Crippen LogP contribution in [0.25, 0.3) is 0 Å². The van der Waals surface area contributed by atoms with Crippen molar-refractivity contribution in [2.75, 3.05) is 18.4 Å². The Morgan fingerprint density at radius 2 is 1.66 bits per heavy atom. The molecular formula is C21H20F4N2O2. The van der Waals surface area contributed by atoms with Gasteiger partial charge in [0.2, 0.25) is 5.91 Å². The Morgan fingerprint density at radius 3 is 2.21 bits per heavy atom. The number of hydrogen-bond donors (Lipinski definition) is 1. The molecule has 4 nitrogen and oxygen atoms in total. The molecular weight excluding hydrogens is 388 g/mol. The molecule has 0 aliphatic carbocycles. The van der Waals surface area contributed by atoms with Gasteiger partial charge in [0, 0.05) is 30.3 Å². The van der Waals surface area contributed by atoms with Gasteiger partial charge in [-0.25, -0.2) is 4.39 Å². The van der Waals surface area contributed by atoms with Crippen molar-refractivity contribution >= 4 is 17.5 Å². The van der Waals surface area contributed by atoms with Crippen LogP contribution in [0, 0.1) is 18.7 Å². The summed E-state index contributed by atoms with van der Waals surface area (Å²) < 4.78 is 51.5. The molecule has 0 bridgehead atoms. The fourth-order valence-electron chi connectivity index (χ4n) is 3.24. The molecule has 2 aromatic rings. The molecule has 154 valence electrons. The Balaban J connectivity index is 1.56. The average Bonchev–Trinajstić information content (AvgIpc) is 2.70. The predicted octanol–water partition coefficient (Wildman–Crippen LogP) is 4.64. The number of anilines is 1. The topological polar surface area (TPSA) is 49.4 Å². The van der Waals surface area contributed by atoms with Crippen molar-refractivity contribution in [1.82, 2.24) is 4.90 Å². The molecule has 1 heterocycles. The third-order valence-electron chi connectivity index (χ3n) is 5.05. The highest BCUT2D eigenvalue weighted by Gasteiger charge is 2.31. The van der Waals surface area contributed by atoms with E-state index in [4.69, 9.17) is 0 Å². The molecule has 3 rings (SSSR count). The first-order valence-corrected chi connectivity index (χ1v) is 9.18. The lowest BCUT2D eigenvalue weighted by molar-refractivity contribution is -0.137. The van der Waals surface area contributed by atoms with Crippen molar-refractivity contribution in [3.63, 3.8) is 0 Å². The summed E-state index contributed by atoms with van der Waals surface area (Å²) in [5.41, 5.74) is 0.229. The first kappa shape index (κ1) is 20.8. The van der Waals surface area contributed by atoms with Crippen molar-refractivity contribution in [2.24, 2.45) is 5.92 Å². The van der Waals surface area contributed by atoms with Crippen molar-refractivity contribution < 1.29 is 27.2 Å². The smallest absolute Gasteiger partial charge is 0.339 e. The number of hydrogen-bond acceptors (Lipinski definition) is 2. The maximum atomic E-state index is 13.6. The molecule has 0 unspecified atom stereocenters. The minimum atomic E-state index is -4.45. The quantitative estimate of drug-likeness (QED) is 0.752. The van der Waals surface area contributed by atoms with Gasteiger partial charge in [-0.2, -0.15) is 13.2 Å². The number of alkyl halides is 3. The molecule has 1 N–H and O–H groups in total. The molecule has 1 saturated heterocycles. The van der Waals surface area contributed by atoms with Crippen LogP contribution in [0.5, 0.6) is 0 Å². The van der Waals surface area contributed by atoms with Crippen molar-refractivity contribution in [3.05, 3.63) is 65.0 Å². The van der Waals surface area contributed by atoms with E-state index in [-0.39, 0.29) is 23.3 Å². The highest BCUT2D eigenvalue weighted by Crippen LogP contribution is 2.29. The number of likely N-dealkylation sites (tertiary alicyclic amines) is 1. The molecule has 0 saturated carbocycles. The number of aryl methyl sites for hydroxylation is 1. The molecule has 8 heteroatoms. The SMILES string of the molecule is Cc1ccc(NC(=O)C2CCN(C(=O)c3ccc(C(F)(F)F)cc3)CC2)cc1F. The van der Waals surface area contributed by atoms with Gasteiger partial charge in [-0.15, -0.1) is 0 Å². The molecule has 0 aromatic heterocycles. The van der Waals surface area contributed by atoms with E-state index in [1.54, 1.807) is 19.1 Å². The molecule has 2 amide bonds. The van der Waals surface area contributed by atoms with Gasteiger partial charge in [0.25, 0.3) is 5.91 Å². The van der Waals surface area contributed by atoms with E-state index in [0.717, 1.165) is 24.3 Å². The highest BCUT2D eigenvalue weighted by atomic mass is 19.4. The Kier molecular flexibility index (Phi) is 5.91. The molecule has 29 heavy (non-hydrogen) atoms. The summed E-state index contributed by atoms with van der Waals surface area (Å²) in [7, 11) is 0. The summed E-state index contributed by atoms with van der Waals surface area (Å²) in [5.74, 6) is -1.33. The molecule has 1 aliphatic rings. The van der Waals surface area contributed by atoms with Crippen LogP contribution in [0.3, 0.4) is 0 Å². The maximum Gasteiger partial charge on any atom is 0.416 e.